The van der Waals surface area contributed by atoms with Crippen LogP contribution in [0, 0.1) is 10.1 Å². The maximum atomic E-state index is 12.8. The highest BCUT2D eigenvalue weighted by Crippen LogP contribution is 2.56. The molecule has 0 aromatic heterocycles. The molecule has 0 aliphatic carbocycles. The van der Waals surface area contributed by atoms with E-state index in [4.69, 9.17) is 27.9 Å². The van der Waals surface area contributed by atoms with Crippen molar-refractivity contribution in [1.29, 1.82) is 0 Å². The highest BCUT2D eigenvalue weighted by molar-refractivity contribution is 8.93. The van der Waals surface area contributed by atoms with Crippen molar-refractivity contribution in [3.8, 4) is 0 Å². The number of non-ortho nitro benzene ring substituents is 1. The van der Waals surface area contributed by atoms with Crippen LogP contribution in [0.2, 0.25) is 0 Å². The number of benzene rings is 4. The number of alkyl halides is 2. The van der Waals surface area contributed by atoms with Gasteiger partial charge in [0.2, 0.25) is 0 Å². The van der Waals surface area contributed by atoms with Crippen LogP contribution in [0.5, 0.6) is 0 Å². The van der Waals surface area contributed by atoms with Gasteiger partial charge in [-0.1, -0.05) is 77.8 Å². The van der Waals surface area contributed by atoms with Crippen molar-refractivity contribution < 1.29 is 24.4 Å². The second-order valence-electron chi connectivity index (χ2n) is 10.4. The smallest absolute Gasteiger partial charge is 0.305 e. The van der Waals surface area contributed by atoms with Gasteiger partial charge in [-0.2, -0.15) is 0 Å². The highest BCUT2D eigenvalue weighted by Gasteiger charge is 2.44. The van der Waals surface area contributed by atoms with Crippen LogP contribution in [0.3, 0.4) is 0 Å². The molecule has 0 saturated heterocycles. The molecule has 0 bridgehead atoms. The van der Waals surface area contributed by atoms with Crippen LogP contribution in [0.25, 0.3) is 0 Å². The molecule has 8 nitrogen and oxygen atoms in total. The Kier molecular flexibility index (Phi) is 14.6. The molecule has 0 fully saturated rings. The SMILES string of the molecule is Br.O=C(CCCC[P+](c1ccccc1)(c1ccccc1)c1ccccc1)OC[C@H](NC(=O)C(Cl)Cl)[C@H](O)c1ccc([N+](=O)[O-])cc1. The molecule has 4 aromatic carbocycles. The van der Waals surface area contributed by atoms with Crippen LogP contribution < -0.4 is 21.2 Å². The van der Waals surface area contributed by atoms with E-state index in [0.717, 1.165) is 12.6 Å². The summed E-state index contributed by atoms with van der Waals surface area (Å²) in [6.07, 6.45) is 0.971. The van der Waals surface area contributed by atoms with Crippen molar-refractivity contribution in [3.63, 3.8) is 0 Å². The molecule has 0 spiro atoms. The normalized spacial score (nSPS) is 12.4. The largest absolute Gasteiger partial charge is 0.463 e. The van der Waals surface area contributed by atoms with E-state index in [9.17, 15) is 24.8 Å². The minimum absolute atomic E-state index is 0. The summed E-state index contributed by atoms with van der Waals surface area (Å²) >= 11 is 11.4. The van der Waals surface area contributed by atoms with E-state index in [1.807, 2.05) is 18.2 Å². The van der Waals surface area contributed by atoms with Gasteiger partial charge in [0.1, 0.15) is 35.9 Å². The van der Waals surface area contributed by atoms with Crippen molar-refractivity contribution in [2.24, 2.45) is 0 Å². The van der Waals surface area contributed by atoms with Gasteiger partial charge in [-0.25, -0.2) is 0 Å². The molecular formula is C34H35BrCl2N2O6P+. The average Bonchev–Trinajstić information content (AvgIpc) is 3.07. The number of hydrogen-bond donors (Lipinski definition) is 2. The molecule has 0 aliphatic heterocycles. The summed E-state index contributed by atoms with van der Waals surface area (Å²) in [4.78, 5) is 34.1. The Morgan fingerprint density at radius 2 is 1.28 bits per heavy atom. The van der Waals surface area contributed by atoms with Crippen LogP contribution in [0.4, 0.5) is 5.69 Å². The number of esters is 1. The van der Waals surface area contributed by atoms with E-state index >= 15 is 0 Å². The number of aliphatic hydroxyl groups is 1. The minimum Gasteiger partial charge on any atom is -0.463 e. The highest BCUT2D eigenvalue weighted by atomic mass is 79.9. The van der Waals surface area contributed by atoms with Crippen molar-refractivity contribution in [2.45, 2.75) is 36.2 Å². The summed E-state index contributed by atoms with van der Waals surface area (Å²) in [5.41, 5.74) is 0.128. The van der Waals surface area contributed by atoms with Gasteiger partial charge >= 0.3 is 5.97 Å². The number of rotatable bonds is 15. The summed E-state index contributed by atoms with van der Waals surface area (Å²) in [7, 11) is -2.03. The number of unbranched alkanes of at least 4 members (excludes halogenated alkanes) is 1. The van der Waals surface area contributed by atoms with Gasteiger partial charge in [-0.05, 0) is 66.9 Å². The van der Waals surface area contributed by atoms with Crippen molar-refractivity contribution in [2.75, 3.05) is 12.8 Å². The molecule has 0 radical (unpaired) electrons. The lowest BCUT2D eigenvalue weighted by Gasteiger charge is -2.27. The number of amides is 1. The fourth-order valence-corrected chi connectivity index (χ4v) is 9.77. The van der Waals surface area contributed by atoms with E-state index in [1.54, 1.807) is 0 Å². The van der Waals surface area contributed by atoms with Gasteiger partial charge < -0.3 is 15.2 Å². The van der Waals surface area contributed by atoms with Crippen LogP contribution in [-0.2, 0) is 14.3 Å². The Hall–Kier alpha value is -3.33. The fraction of sp³-hybridized carbons (Fsp3) is 0.235. The van der Waals surface area contributed by atoms with Crippen molar-refractivity contribution >= 4 is 80.9 Å². The molecule has 2 atom stereocenters. The Morgan fingerprint density at radius 1 is 0.804 bits per heavy atom. The van der Waals surface area contributed by atoms with E-state index in [-0.39, 0.29) is 41.3 Å². The number of ether oxygens (including phenoxy) is 1. The number of hydrogen-bond acceptors (Lipinski definition) is 6. The number of aliphatic hydroxyl groups excluding tert-OH is 1. The van der Waals surface area contributed by atoms with Gasteiger partial charge in [-0.15, -0.1) is 17.0 Å². The zero-order chi connectivity index (χ0) is 32.2. The van der Waals surface area contributed by atoms with Crippen molar-refractivity contribution in [1.82, 2.24) is 5.32 Å². The maximum absolute atomic E-state index is 12.8. The monoisotopic (exact) mass is 747 g/mol. The minimum atomic E-state index is -2.03. The molecule has 0 unspecified atom stereocenters. The molecule has 0 aliphatic rings. The number of nitro benzene ring substituents is 1. The van der Waals surface area contributed by atoms with E-state index < -0.39 is 41.0 Å². The number of carbonyl (C=O) groups excluding carboxylic acids is 2. The first-order valence-electron chi connectivity index (χ1n) is 14.4. The van der Waals surface area contributed by atoms with Crippen LogP contribution in [0.1, 0.15) is 30.9 Å². The number of nitrogens with one attached hydrogen (secondary N) is 1. The lowest BCUT2D eigenvalue weighted by atomic mass is 10.0. The zero-order valence-electron chi connectivity index (χ0n) is 24.8. The first kappa shape index (κ1) is 37.1. The number of nitrogens with zero attached hydrogens (tertiary/aromatic N) is 1. The Bertz CT molecular complexity index is 1450. The van der Waals surface area contributed by atoms with Crippen molar-refractivity contribution in [3.05, 3.63) is 131 Å². The van der Waals surface area contributed by atoms with E-state index in [2.05, 4.69) is 78.1 Å². The molecule has 4 aromatic rings. The van der Waals surface area contributed by atoms with E-state index in [0.29, 0.717) is 6.42 Å². The first-order chi connectivity index (χ1) is 21.7. The maximum Gasteiger partial charge on any atom is 0.305 e. The molecule has 0 heterocycles. The Balaban J connectivity index is 0.00000576. The molecule has 46 heavy (non-hydrogen) atoms. The molecule has 242 valence electrons. The lowest BCUT2D eigenvalue weighted by molar-refractivity contribution is -0.384. The zero-order valence-corrected chi connectivity index (χ0v) is 28.9. The Morgan fingerprint density at radius 3 is 1.72 bits per heavy atom. The van der Waals surface area contributed by atoms with Gasteiger partial charge in [-0.3, -0.25) is 19.7 Å². The summed E-state index contributed by atoms with van der Waals surface area (Å²) < 4.78 is 5.48. The van der Waals surface area contributed by atoms with Gasteiger partial charge in [0.05, 0.1) is 17.1 Å². The van der Waals surface area contributed by atoms with Crippen LogP contribution in [0.15, 0.2) is 115 Å². The standard InChI is InChI=1S/C34H33Cl2N2O6P.BrH/c35-33(36)34(41)37-30(32(40)25-19-21-26(22-20-25)38(42)43)24-44-31(39)18-10-11-23-45(27-12-4-1-5-13-27,28-14-6-2-7-15-28)29-16-8-3-9-17-29;/h1-9,12-17,19-22,30,32-33,40H,10-11,18,23-24H2;1H/p+1/t30-,32+;/m0./s1. The number of carbonyl (C=O) groups is 2. The molecular weight excluding hydrogens is 714 g/mol. The summed E-state index contributed by atoms with van der Waals surface area (Å²) in [6, 6.07) is 35.6. The summed E-state index contributed by atoms with van der Waals surface area (Å²) in [5.74, 6) is -1.26. The van der Waals surface area contributed by atoms with Crippen LogP contribution >= 0.6 is 47.4 Å². The topological polar surface area (TPSA) is 119 Å². The van der Waals surface area contributed by atoms with Gasteiger partial charge in [0.25, 0.3) is 11.6 Å². The molecule has 12 heteroatoms. The third kappa shape index (κ3) is 9.60. The second kappa shape index (κ2) is 18.1. The average molecular weight is 749 g/mol. The third-order valence-electron chi connectivity index (χ3n) is 7.49. The molecule has 0 saturated carbocycles. The summed E-state index contributed by atoms with van der Waals surface area (Å²) in [6.45, 7) is -0.349. The fourth-order valence-electron chi connectivity index (χ4n) is 5.24. The predicted molar refractivity (Wildman–Crippen MR) is 191 cm³/mol. The molecule has 4 rings (SSSR count). The van der Waals surface area contributed by atoms with Gasteiger partial charge in [0, 0.05) is 18.6 Å². The lowest BCUT2D eigenvalue weighted by Crippen LogP contribution is -2.45. The quantitative estimate of drug-likeness (QED) is 0.0373. The Labute approximate surface area is 289 Å². The second-order valence-corrected chi connectivity index (χ2v) is 15.1. The predicted octanol–water partition coefficient (Wildman–Crippen LogP) is 6.20. The number of nitro groups is 1. The first-order valence-corrected chi connectivity index (χ1v) is 17.3. The molecule has 2 N–H and O–H groups in total. The molecule has 1 amide bonds. The number of halogens is 3. The van der Waals surface area contributed by atoms with Crippen LogP contribution in [-0.4, -0.2) is 45.6 Å². The third-order valence-corrected chi connectivity index (χ3v) is 12.4. The summed E-state index contributed by atoms with van der Waals surface area (Å²) in [5, 5.41) is 28.2. The van der Waals surface area contributed by atoms with E-state index in [1.165, 1.54) is 40.2 Å². The van der Waals surface area contributed by atoms with Gasteiger partial charge in [0.15, 0.2) is 4.84 Å².